The molecule has 0 unspecified atom stereocenters. The van der Waals surface area contributed by atoms with Crippen LogP contribution in [0.4, 0.5) is 0 Å². The monoisotopic (exact) mass is 507 g/mol. The molecule has 37 heavy (non-hydrogen) atoms. The highest BCUT2D eigenvalue weighted by Crippen LogP contribution is 2.37. The number of carbonyl (C=O) groups excluding carboxylic acids is 2. The predicted octanol–water partition coefficient (Wildman–Crippen LogP) is 3.23. The molecule has 196 valence electrons. The normalized spacial score (nSPS) is 19.4. The maximum atomic E-state index is 13.2. The molecule has 0 atom stereocenters. The molecular weight excluding hydrogens is 474 g/mol. The van der Waals surface area contributed by atoms with Crippen LogP contribution in [0.5, 0.6) is 11.5 Å². The van der Waals surface area contributed by atoms with Crippen LogP contribution in [-0.4, -0.2) is 66.3 Å². The Balaban J connectivity index is 1.31. The van der Waals surface area contributed by atoms with Crippen molar-refractivity contribution in [2.24, 2.45) is 5.92 Å². The molecule has 2 saturated carbocycles. The molecule has 5 rings (SSSR count). The number of nitrogens with zero attached hydrogens (tertiary/aromatic N) is 2. The van der Waals surface area contributed by atoms with Crippen molar-refractivity contribution in [3.05, 3.63) is 36.3 Å². The first-order chi connectivity index (χ1) is 18.1. The summed E-state index contributed by atoms with van der Waals surface area (Å²) in [5.41, 5.74) is 3.13. The van der Waals surface area contributed by atoms with E-state index in [0.717, 1.165) is 37.0 Å². The summed E-state index contributed by atoms with van der Waals surface area (Å²) in [7, 11) is 3.13. The van der Waals surface area contributed by atoms with Gasteiger partial charge in [-0.05, 0) is 62.6 Å². The topological polar surface area (TPSA) is 127 Å². The minimum absolute atomic E-state index is 0.0372. The second kappa shape index (κ2) is 11.2. The van der Waals surface area contributed by atoms with Gasteiger partial charge in [0, 0.05) is 31.0 Å². The predicted molar refractivity (Wildman–Crippen MR) is 138 cm³/mol. The SMILES string of the molecule is COCC(=O)N[C@H]1CC[C@H](NC(=O)c2c[nH]c3c(-c4cc(OC)ccc4OCC4CC4)ncnc23)CC1. The Morgan fingerprint density at radius 2 is 1.78 bits per heavy atom. The summed E-state index contributed by atoms with van der Waals surface area (Å²) in [5, 5.41) is 6.12. The molecule has 2 amide bonds. The van der Waals surface area contributed by atoms with E-state index in [9.17, 15) is 9.59 Å². The third-order valence-corrected chi connectivity index (χ3v) is 7.02. The number of aromatic amines is 1. The number of hydrogen-bond donors (Lipinski definition) is 3. The number of ether oxygens (including phenoxy) is 3. The maximum Gasteiger partial charge on any atom is 0.255 e. The van der Waals surface area contributed by atoms with Crippen LogP contribution in [0.1, 0.15) is 48.9 Å². The van der Waals surface area contributed by atoms with Gasteiger partial charge in [0.25, 0.3) is 5.91 Å². The van der Waals surface area contributed by atoms with Gasteiger partial charge in [0.05, 0.1) is 24.8 Å². The molecule has 2 aliphatic carbocycles. The Hall–Kier alpha value is -3.66. The number of H-pyrrole nitrogens is 1. The van der Waals surface area contributed by atoms with Crippen LogP contribution in [-0.2, 0) is 9.53 Å². The molecule has 0 aliphatic heterocycles. The van der Waals surface area contributed by atoms with Crippen LogP contribution >= 0.6 is 0 Å². The van der Waals surface area contributed by atoms with Crippen molar-refractivity contribution in [2.75, 3.05) is 27.4 Å². The summed E-state index contributed by atoms with van der Waals surface area (Å²) in [4.78, 5) is 37.2. The van der Waals surface area contributed by atoms with Gasteiger partial charge in [-0.3, -0.25) is 9.59 Å². The summed E-state index contributed by atoms with van der Waals surface area (Å²) < 4.78 is 16.4. The van der Waals surface area contributed by atoms with E-state index in [0.29, 0.717) is 40.6 Å². The highest BCUT2D eigenvalue weighted by atomic mass is 16.5. The van der Waals surface area contributed by atoms with Crippen LogP contribution in [0.15, 0.2) is 30.7 Å². The number of fused-ring (bicyclic) bond motifs is 1. The molecule has 2 fully saturated rings. The number of rotatable bonds is 10. The fraction of sp³-hybridized carbons (Fsp3) is 0.481. The molecule has 10 nitrogen and oxygen atoms in total. The van der Waals surface area contributed by atoms with E-state index < -0.39 is 0 Å². The molecule has 1 aromatic carbocycles. The van der Waals surface area contributed by atoms with Gasteiger partial charge in [-0.25, -0.2) is 9.97 Å². The zero-order valence-corrected chi connectivity index (χ0v) is 21.2. The smallest absolute Gasteiger partial charge is 0.255 e. The minimum Gasteiger partial charge on any atom is -0.497 e. The van der Waals surface area contributed by atoms with Crippen LogP contribution in [0.25, 0.3) is 22.3 Å². The lowest BCUT2D eigenvalue weighted by Crippen LogP contribution is -2.44. The zero-order valence-electron chi connectivity index (χ0n) is 21.2. The molecule has 2 aliphatic rings. The van der Waals surface area contributed by atoms with Crippen LogP contribution in [0.2, 0.25) is 0 Å². The number of carbonyl (C=O) groups is 2. The Bertz CT molecular complexity index is 1260. The van der Waals surface area contributed by atoms with Crippen molar-refractivity contribution in [1.29, 1.82) is 0 Å². The Morgan fingerprint density at radius 1 is 1.03 bits per heavy atom. The molecule has 2 heterocycles. The largest absolute Gasteiger partial charge is 0.497 e. The Morgan fingerprint density at radius 3 is 2.49 bits per heavy atom. The third kappa shape index (κ3) is 5.85. The molecule has 2 aromatic heterocycles. The number of methoxy groups -OCH3 is 2. The highest BCUT2D eigenvalue weighted by molar-refractivity contribution is 6.08. The van der Waals surface area contributed by atoms with E-state index in [-0.39, 0.29) is 30.5 Å². The number of nitrogens with one attached hydrogen (secondary N) is 3. The summed E-state index contributed by atoms with van der Waals surface area (Å²) in [5.74, 6) is 1.74. The highest BCUT2D eigenvalue weighted by Gasteiger charge is 2.26. The van der Waals surface area contributed by atoms with Gasteiger partial charge in [-0.15, -0.1) is 0 Å². The number of benzene rings is 1. The fourth-order valence-corrected chi connectivity index (χ4v) is 4.80. The fourth-order valence-electron chi connectivity index (χ4n) is 4.80. The van der Waals surface area contributed by atoms with Gasteiger partial charge in [-0.2, -0.15) is 0 Å². The molecule has 0 bridgehead atoms. The lowest BCUT2D eigenvalue weighted by molar-refractivity contribution is -0.125. The first-order valence-corrected chi connectivity index (χ1v) is 12.8. The van der Waals surface area contributed by atoms with Crippen molar-refractivity contribution in [3.8, 4) is 22.8 Å². The lowest BCUT2D eigenvalue weighted by atomic mass is 9.91. The molecule has 0 spiro atoms. The van der Waals surface area contributed by atoms with Gasteiger partial charge in [0.1, 0.15) is 35.6 Å². The van der Waals surface area contributed by atoms with Crippen molar-refractivity contribution in [1.82, 2.24) is 25.6 Å². The summed E-state index contributed by atoms with van der Waals surface area (Å²) in [6.07, 6.45) is 8.74. The molecule has 0 saturated heterocycles. The second-order valence-electron chi connectivity index (χ2n) is 9.79. The van der Waals surface area contributed by atoms with E-state index in [1.807, 2.05) is 18.2 Å². The molecule has 3 aromatic rings. The van der Waals surface area contributed by atoms with E-state index in [1.54, 1.807) is 13.3 Å². The van der Waals surface area contributed by atoms with Crippen LogP contribution < -0.4 is 20.1 Å². The Kier molecular flexibility index (Phi) is 7.55. The first-order valence-electron chi connectivity index (χ1n) is 12.8. The molecular formula is C27H33N5O5. The van der Waals surface area contributed by atoms with E-state index >= 15 is 0 Å². The minimum atomic E-state index is -0.182. The number of hydrogen-bond acceptors (Lipinski definition) is 7. The van der Waals surface area contributed by atoms with Gasteiger partial charge >= 0.3 is 0 Å². The summed E-state index contributed by atoms with van der Waals surface area (Å²) >= 11 is 0. The third-order valence-electron chi connectivity index (χ3n) is 7.02. The number of aromatic nitrogens is 3. The van der Waals surface area contributed by atoms with E-state index in [1.165, 1.54) is 26.3 Å². The van der Waals surface area contributed by atoms with Gasteiger partial charge in [-0.1, -0.05) is 0 Å². The average Bonchev–Trinajstić information content (AvgIpc) is 3.64. The molecule has 0 radical (unpaired) electrons. The second-order valence-corrected chi connectivity index (χ2v) is 9.79. The summed E-state index contributed by atoms with van der Waals surface area (Å²) in [6.45, 7) is 0.731. The Labute approximate surface area is 215 Å². The van der Waals surface area contributed by atoms with Crippen molar-refractivity contribution < 1.29 is 23.8 Å². The van der Waals surface area contributed by atoms with E-state index in [2.05, 4.69) is 25.6 Å². The standard InChI is InChI=1S/C27H33N5O5/c1-35-14-23(33)31-17-5-7-18(8-6-17)32-27(34)21-12-28-26-24(29-15-30-25(21)26)20-11-19(36-2)9-10-22(20)37-13-16-3-4-16/h9-12,15-18,28H,3-8,13-14H2,1-2H3,(H,31,33)(H,32,34)/t17-,18-. The van der Waals surface area contributed by atoms with Crippen LogP contribution in [0, 0.1) is 5.92 Å². The van der Waals surface area contributed by atoms with Crippen LogP contribution in [0.3, 0.4) is 0 Å². The molecule has 3 N–H and O–H groups in total. The maximum absolute atomic E-state index is 13.2. The van der Waals surface area contributed by atoms with Crippen molar-refractivity contribution in [2.45, 2.75) is 50.6 Å². The average molecular weight is 508 g/mol. The quantitative estimate of drug-likeness (QED) is 0.384. The van der Waals surface area contributed by atoms with Crippen molar-refractivity contribution in [3.63, 3.8) is 0 Å². The van der Waals surface area contributed by atoms with Gasteiger partial charge in [0.15, 0.2) is 0 Å². The zero-order chi connectivity index (χ0) is 25.8. The summed E-state index contributed by atoms with van der Waals surface area (Å²) in [6, 6.07) is 5.81. The number of amides is 2. The molecule has 10 heteroatoms. The van der Waals surface area contributed by atoms with Crippen molar-refractivity contribution >= 4 is 22.8 Å². The van der Waals surface area contributed by atoms with Gasteiger partial charge < -0.3 is 29.8 Å². The van der Waals surface area contributed by atoms with Gasteiger partial charge in [0.2, 0.25) is 5.91 Å². The lowest BCUT2D eigenvalue weighted by Gasteiger charge is -2.29. The first kappa shape index (κ1) is 25.0. The van der Waals surface area contributed by atoms with E-state index in [4.69, 9.17) is 14.2 Å².